The molecule has 0 radical (unpaired) electrons. The van der Waals surface area contributed by atoms with Gasteiger partial charge in [0.15, 0.2) is 0 Å². The molecule has 0 bridgehead atoms. The van der Waals surface area contributed by atoms with Crippen LogP contribution in [-0.4, -0.2) is 46.9 Å². The lowest BCUT2D eigenvalue weighted by atomic mass is 10.0. The Balaban J connectivity index is 4.67. The highest BCUT2D eigenvalue weighted by Crippen LogP contribution is 2.17. The third-order valence-corrected chi connectivity index (χ3v) is 12.2. The monoisotopic (exact) mass is 870 g/mol. The third-order valence-electron chi connectivity index (χ3n) is 12.2. The highest BCUT2D eigenvalue weighted by molar-refractivity contribution is 5.77. The van der Waals surface area contributed by atoms with E-state index in [4.69, 9.17) is 4.74 Å². The number of aliphatic hydroxyl groups excluding tert-OH is 2. The Labute approximate surface area is 385 Å². The van der Waals surface area contributed by atoms with Crippen molar-refractivity contribution in [2.45, 2.75) is 289 Å². The van der Waals surface area contributed by atoms with Gasteiger partial charge in [0, 0.05) is 6.42 Å². The van der Waals surface area contributed by atoms with Crippen molar-refractivity contribution in [3.05, 3.63) is 48.6 Å². The molecule has 0 aromatic rings. The molecule has 0 aliphatic heterocycles. The molecule has 0 rings (SSSR count). The summed E-state index contributed by atoms with van der Waals surface area (Å²) in [6, 6.07) is -0.717. The fourth-order valence-corrected chi connectivity index (χ4v) is 8.07. The van der Waals surface area contributed by atoms with Gasteiger partial charge in [-0.3, -0.25) is 9.59 Å². The Morgan fingerprint density at radius 2 is 0.839 bits per heavy atom. The summed E-state index contributed by atoms with van der Waals surface area (Å²) in [5.41, 5.74) is 0. The van der Waals surface area contributed by atoms with Crippen molar-refractivity contribution >= 4 is 11.9 Å². The smallest absolute Gasteiger partial charge is 0.306 e. The van der Waals surface area contributed by atoms with E-state index in [0.717, 1.165) is 70.6 Å². The molecule has 0 fully saturated rings. The minimum absolute atomic E-state index is 0.0425. The Hall–Kier alpha value is -2.18. The second-order valence-electron chi connectivity index (χ2n) is 18.3. The first-order chi connectivity index (χ1) is 30.5. The highest BCUT2D eigenvalue weighted by atomic mass is 16.5. The molecule has 3 unspecified atom stereocenters. The van der Waals surface area contributed by atoms with Gasteiger partial charge in [-0.1, -0.05) is 243 Å². The van der Waals surface area contributed by atoms with Crippen molar-refractivity contribution in [3.63, 3.8) is 0 Å². The van der Waals surface area contributed by atoms with Crippen molar-refractivity contribution in [2.75, 3.05) is 6.61 Å². The number of aliphatic hydroxyl groups is 2. The van der Waals surface area contributed by atoms with E-state index < -0.39 is 18.2 Å². The lowest BCUT2D eigenvalue weighted by molar-refractivity contribution is -0.151. The first kappa shape index (κ1) is 59.8. The average molecular weight is 870 g/mol. The van der Waals surface area contributed by atoms with Gasteiger partial charge in [0.1, 0.15) is 6.10 Å². The van der Waals surface area contributed by atoms with E-state index in [1.165, 1.54) is 154 Å². The average Bonchev–Trinajstić information content (AvgIpc) is 3.26. The number of esters is 1. The van der Waals surface area contributed by atoms with E-state index in [1.807, 2.05) is 0 Å². The number of allylic oxidation sites excluding steroid dienone is 8. The SMILES string of the molecule is CCCCC/C=C\C/C=C\C/C=C\C/C=C\CCCC(CC(=O)NC(CO)C(O)CCCCCCCCCCCCC)OC(=O)CCCCCCCCCCCCCCCCC. The number of hydrogen-bond donors (Lipinski definition) is 3. The summed E-state index contributed by atoms with van der Waals surface area (Å²) < 4.78 is 5.92. The molecule has 0 aromatic heterocycles. The van der Waals surface area contributed by atoms with Crippen molar-refractivity contribution in [1.29, 1.82) is 0 Å². The minimum atomic E-state index is -0.800. The zero-order valence-corrected chi connectivity index (χ0v) is 41.3. The lowest BCUT2D eigenvalue weighted by Gasteiger charge is -2.24. The molecule has 0 heterocycles. The van der Waals surface area contributed by atoms with Crippen molar-refractivity contribution < 1.29 is 24.5 Å². The quantitative estimate of drug-likeness (QED) is 0.0322. The van der Waals surface area contributed by atoms with Gasteiger partial charge in [-0.25, -0.2) is 0 Å². The molecule has 0 spiro atoms. The van der Waals surface area contributed by atoms with E-state index in [2.05, 4.69) is 74.7 Å². The second-order valence-corrected chi connectivity index (χ2v) is 18.3. The molecular formula is C56H103NO5. The Morgan fingerprint density at radius 1 is 0.468 bits per heavy atom. The zero-order chi connectivity index (χ0) is 45.2. The highest BCUT2D eigenvalue weighted by Gasteiger charge is 2.24. The Kier molecular flexibility index (Phi) is 48.1. The number of amides is 1. The number of hydrogen-bond acceptors (Lipinski definition) is 5. The number of carbonyl (C=O) groups is 2. The maximum atomic E-state index is 13.2. The molecule has 0 saturated heterocycles. The first-order valence-electron chi connectivity index (χ1n) is 26.9. The number of carbonyl (C=O) groups excluding carboxylic acids is 2. The fraction of sp³-hybridized carbons (Fsp3) is 0.821. The van der Waals surface area contributed by atoms with Crippen molar-refractivity contribution in [1.82, 2.24) is 5.32 Å². The second kappa shape index (κ2) is 49.8. The van der Waals surface area contributed by atoms with Gasteiger partial charge in [0.25, 0.3) is 0 Å². The van der Waals surface area contributed by atoms with Crippen LogP contribution in [0.15, 0.2) is 48.6 Å². The maximum absolute atomic E-state index is 13.2. The molecule has 362 valence electrons. The number of unbranched alkanes of at least 4 members (excludes halogenated alkanes) is 28. The van der Waals surface area contributed by atoms with Gasteiger partial charge >= 0.3 is 5.97 Å². The van der Waals surface area contributed by atoms with Crippen molar-refractivity contribution in [3.8, 4) is 0 Å². The maximum Gasteiger partial charge on any atom is 0.306 e. The summed E-state index contributed by atoms with van der Waals surface area (Å²) in [4.78, 5) is 26.2. The third kappa shape index (κ3) is 44.4. The zero-order valence-electron chi connectivity index (χ0n) is 41.3. The molecule has 0 aromatic carbocycles. The summed E-state index contributed by atoms with van der Waals surface area (Å²) in [5, 5.41) is 23.7. The molecule has 62 heavy (non-hydrogen) atoms. The molecule has 0 saturated carbocycles. The van der Waals surface area contributed by atoms with Crippen LogP contribution in [0.1, 0.15) is 271 Å². The standard InChI is InChI=1S/C56H103NO5/c1-4-7-10-13-16-19-22-24-26-27-29-30-33-35-38-41-44-47-52(62-56(61)49-46-43-40-37-34-31-28-25-23-20-17-14-11-8-5-2)50-55(60)57-53(51-58)54(59)48-45-42-39-36-32-21-18-15-12-9-6-3/h16,19,24,26,29-30,35,38,52-54,58-59H,4-15,17-18,20-23,25,27-28,31-34,36-37,39-51H2,1-3H3,(H,57,60)/b19-16-,26-24-,30-29-,38-35-. The van der Waals surface area contributed by atoms with Gasteiger partial charge in [-0.05, 0) is 64.2 Å². The normalized spacial score (nSPS) is 13.6. The summed E-state index contributed by atoms with van der Waals surface area (Å²) in [6.45, 7) is 6.45. The molecule has 0 aliphatic rings. The largest absolute Gasteiger partial charge is 0.462 e. The van der Waals surface area contributed by atoms with E-state index in [9.17, 15) is 19.8 Å². The molecule has 6 heteroatoms. The summed E-state index contributed by atoms with van der Waals surface area (Å²) in [7, 11) is 0. The van der Waals surface area contributed by atoms with E-state index in [1.54, 1.807) is 0 Å². The molecule has 6 nitrogen and oxygen atoms in total. The predicted molar refractivity (Wildman–Crippen MR) is 269 cm³/mol. The molecule has 0 aliphatic carbocycles. The Morgan fingerprint density at radius 3 is 1.27 bits per heavy atom. The van der Waals surface area contributed by atoms with Gasteiger partial charge in [0.2, 0.25) is 5.91 Å². The van der Waals surface area contributed by atoms with Crippen LogP contribution in [-0.2, 0) is 14.3 Å². The van der Waals surface area contributed by atoms with Gasteiger partial charge in [-0.15, -0.1) is 0 Å². The van der Waals surface area contributed by atoms with E-state index in [0.29, 0.717) is 19.3 Å². The van der Waals surface area contributed by atoms with E-state index in [-0.39, 0.29) is 24.9 Å². The van der Waals surface area contributed by atoms with Crippen LogP contribution < -0.4 is 5.32 Å². The first-order valence-corrected chi connectivity index (χ1v) is 26.9. The predicted octanol–water partition coefficient (Wildman–Crippen LogP) is 16.2. The molecular weight excluding hydrogens is 767 g/mol. The van der Waals surface area contributed by atoms with Crippen LogP contribution in [0, 0.1) is 0 Å². The molecule has 1 amide bonds. The summed E-state index contributed by atoms with van der Waals surface area (Å²) in [5.74, 6) is -0.519. The van der Waals surface area contributed by atoms with Crippen LogP contribution in [0.3, 0.4) is 0 Å². The molecule has 3 atom stereocenters. The number of rotatable bonds is 48. The van der Waals surface area contributed by atoms with Crippen LogP contribution in [0.4, 0.5) is 0 Å². The van der Waals surface area contributed by atoms with Crippen LogP contribution >= 0.6 is 0 Å². The summed E-state index contributed by atoms with van der Waals surface area (Å²) in [6.07, 6.45) is 60.3. The number of nitrogens with one attached hydrogen (secondary N) is 1. The van der Waals surface area contributed by atoms with Crippen LogP contribution in [0.25, 0.3) is 0 Å². The lowest BCUT2D eigenvalue weighted by Crippen LogP contribution is -2.46. The van der Waals surface area contributed by atoms with Gasteiger partial charge in [-0.2, -0.15) is 0 Å². The van der Waals surface area contributed by atoms with Crippen molar-refractivity contribution in [2.24, 2.45) is 0 Å². The molecule has 3 N–H and O–H groups in total. The van der Waals surface area contributed by atoms with Gasteiger partial charge < -0.3 is 20.3 Å². The topological polar surface area (TPSA) is 95.9 Å². The number of ether oxygens (including phenoxy) is 1. The van der Waals surface area contributed by atoms with Gasteiger partial charge in [0.05, 0.1) is 25.2 Å². The Bertz CT molecular complexity index is 1070. The van der Waals surface area contributed by atoms with Crippen LogP contribution in [0.5, 0.6) is 0 Å². The summed E-state index contributed by atoms with van der Waals surface area (Å²) >= 11 is 0. The van der Waals surface area contributed by atoms with E-state index >= 15 is 0 Å². The minimum Gasteiger partial charge on any atom is -0.462 e. The fourth-order valence-electron chi connectivity index (χ4n) is 8.07. The van der Waals surface area contributed by atoms with Crippen LogP contribution in [0.2, 0.25) is 0 Å².